The number of halogens is 4. The number of hydrogen-bond donors (Lipinski definition) is 2. The molecule has 2 aromatic carbocycles. The normalized spacial score (nSPS) is 23.7. The van der Waals surface area contributed by atoms with Gasteiger partial charge >= 0.3 is 6.18 Å². The smallest absolute Gasteiger partial charge is 0.373 e. The second kappa shape index (κ2) is 11.7. The predicted octanol–water partition coefficient (Wildman–Crippen LogP) is 4.71. The molecule has 7 nitrogen and oxygen atoms in total. The molecule has 1 saturated carbocycles. The molecule has 3 fully saturated rings. The Balaban J connectivity index is 1.37. The van der Waals surface area contributed by atoms with Gasteiger partial charge in [-0.15, -0.1) is 0 Å². The molecule has 2 unspecified atom stereocenters. The minimum absolute atomic E-state index is 0.187. The van der Waals surface area contributed by atoms with Gasteiger partial charge in [0.25, 0.3) is 5.91 Å². The lowest BCUT2D eigenvalue weighted by atomic mass is 9.67. The van der Waals surface area contributed by atoms with Crippen molar-refractivity contribution in [3.63, 3.8) is 0 Å². The van der Waals surface area contributed by atoms with Gasteiger partial charge in [-0.2, -0.15) is 13.2 Å². The van der Waals surface area contributed by atoms with E-state index in [4.69, 9.17) is 0 Å². The molecule has 1 spiro atoms. The molecule has 2 aliphatic heterocycles. The SMILES string of the molecule is CN1C(=O)C2(CCN(C(=O)[C@H](NC(=O)c3cc(C(F)(F)F)ccc3F)C3CCCCC3)CC2)C(c2ccccc2)C1O. The molecule has 2 heterocycles. The van der Waals surface area contributed by atoms with Gasteiger partial charge in [-0.25, -0.2) is 4.39 Å². The first-order valence-electron chi connectivity index (χ1n) is 14.4. The molecule has 3 amide bonds. The molecule has 3 atom stereocenters. The maximum Gasteiger partial charge on any atom is 0.416 e. The van der Waals surface area contributed by atoms with Crippen LogP contribution in [0.5, 0.6) is 0 Å². The highest BCUT2D eigenvalue weighted by molar-refractivity contribution is 5.98. The first-order valence-corrected chi connectivity index (χ1v) is 14.4. The molecule has 42 heavy (non-hydrogen) atoms. The van der Waals surface area contributed by atoms with Crippen molar-refractivity contribution in [1.29, 1.82) is 0 Å². The van der Waals surface area contributed by atoms with E-state index in [-0.39, 0.29) is 24.9 Å². The van der Waals surface area contributed by atoms with Crippen LogP contribution in [-0.4, -0.2) is 65.0 Å². The summed E-state index contributed by atoms with van der Waals surface area (Å²) in [4.78, 5) is 43.5. The van der Waals surface area contributed by atoms with Crippen molar-refractivity contribution in [1.82, 2.24) is 15.1 Å². The molecule has 2 aromatic rings. The number of likely N-dealkylation sites (tertiary alicyclic amines) is 2. The van der Waals surface area contributed by atoms with E-state index in [1.54, 1.807) is 11.9 Å². The van der Waals surface area contributed by atoms with Gasteiger partial charge in [0, 0.05) is 26.1 Å². The third-order valence-corrected chi connectivity index (χ3v) is 9.37. The largest absolute Gasteiger partial charge is 0.416 e. The van der Waals surface area contributed by atoms with Crippen molar-refractivity contribution in [3.8, 4) is 0 Å². The lowest BCUT2D eigenvalue weighted by Gasteiger charge is -2.43. The van der Waals surface area contributed by atoms with Gasteiger partial charge in [0.1, 0.15) is 18.1 Å². The number of carbonyl (C=O) groups excluding carboxylic acids is 3. The van der Waals surface area contributed by atoms with Gasteiger partial charge in [0.05, 0.1) is 16.5 Å². The fraction of sp³-hybridized carbons (Fsp3) is 0.516. The summed E-state index contributed by atoms with van der Waals surface area (Å²) in [5, 5.41) is 13.6. The van der Waals surface area contributed by atoms with Crippen molar-refractivity contribution in [2.24, 2.45) is 11.3 Å². The first-order chi connectivity index (χ1) is 19.9. The Morgan fingerprint density at radius 3 is 2.29 bits per heavy atom. The number of carbonyl (C=O) groups is 3. The van der Waals surface area contributed by atoms with Crippen LogP contribution in [-0.2, 0) is 15.8 Å². The molecule has 0 radical (unpaired) electrons. The average molecular weight is 590 g/mol. The lowest BCUT2D eigenvalue weighted by Crippen LogP contribution is -2.56. The van der Waals surface area contributed by atoms with Gasteiger partial charge in [-0.05, 0) is 55.4 Å². The van der Waals surface area contributed by atoms with Gasteiger partial charge in [-0.3, -0.25) is 14.4 Å². The Kier molecular flexibility index (Phi) is 8.33. The summed E-state index contributed by atoms with van der Waals surface area (Å²) < 4.78 is 54.3. The van der Waals surface area contributed by atoms with Crippen LogP contribution in [0.25, 0.3) is 0 Å². The summed E-state index contributed by atoms with van der Waals surface area (Å²) in [5.41, 5.74) is -2.00. The molecule has 0 aromatic heterocycles. The summed E-state index contributed by atoms with van der Waals surface area (Å²) in [5.74, 6) is -3.49. The number of rotatable bonds is 5. The summed E-state index contributed by atoms with van der Waals surface area (Å²) in [6, 6.07) is 9.90. The fourth-order valence-electron chi connectivity index (χ4n) is 7.06. The van der Waals surface area contributed by atoms with E-state index in [2.05, 4.69) is 5.32 Å². The zero-order valence-corrected chi connectivity index (χ0v) is 23.4. The number of nitrogens with zero attached hydrogens (tertiary/aromatic N) is 2. The minimum atomic E-state index is -4.76. The highest BCUT2D eigenvalue weighted by Gasteiger charge is 2.59. The third kappa shape index (κ3) is 5.50. The summed E-state index contributed by atoms with van der Waals surface area (Å²) in [6.45, 7) is 0.400. The Bertz CT molecular complexity index is 1320. The maximum absolute atomic E-state index is 14.5. The number of nitrogens with one attached hydrogen (secondary N) is 1. The van der Waals surface area contributed by atoms with Crippen molar-refractivity contribution < 1.29 is 37.1 Å². The highest BCUT2D eigenvalue weighted by Crippen LogP contribution is 2.53. The molecular weight excluding hydrogens is 554 g/mol. The Morgan fingerprint density at radius 1 is 1.02 bits per heavy atom. The molecular formula is C31H35F4N3O4. The highest BCUT2D eigenvalue weighted by atomic mass is 19.4. The Labute approximate surface area is 241 Å². The summed E-state index contributed by atoms with van der Waals surface area (Å²) in [7, 11) is 1.57. The number of benzene rings is 2. The van der Waals surface area contributed by atoms with Crippen LogP contribution >= 0.6 is 0 Å². The maximum atomic E-state index is 14.5. The topological polar surface area (TPSA) is 90.0 Å². The molecule has 2 saturated heterocycles. The van der Waals surface area contributed by atoms with E-state index >= 15 is 0 Å². The molecule has 11 heteroatoms. The minimum Gasteiger partial charge on any atom is -0.373 e. The van der Waals surface area contributed by atoms with Gasteiger partial charge in [-0.1, -0.05) is 49.6 Å². The standard InChI is InChI=1S/C31H35F4N3O4/c1-37-27(40)24(19-8-4-2-5-9-19)30(29(37)42)14-16-38(17-15-30)28(41)25(20-10-6-3-7-11-20)36-26(39)22-18-21(31(33,34)35)12-13-23(22)32/h2,4-5,8-9,12-13,18,20,24-25,27,40H,3,6-7,10-11,14-17H2,1H3,(H,36,39)/t24?,25-,27?/m1/s1. The van der Waals surface area contributed by atoms with Crippen LogP contribution in [0.15, 0.2) is 48.5 Å². The second-order valence-corrected chi connectivity index (χ2v) is 11.7. The van der Waals surface area contributed by atoms with E-state index in [1.807, 2.05) is 30.3 Å². The summed E-state index contributed by atoms with van der Waals surface area (Å²) in [6.07, 6.45) is -1.25. The molecule has 0 bridgehead atoms. The number of hydrogen-bond acceptors (Lipinski definition) is 4. The van der Waals surface area contributed by atoms with Crippen LogP contribution in [0.1, 0.15) is 72.3 Å². The summed E-state index contributed by atoms with van der Waals surface area (Å²) >= 11 is 0. The molecule has 2 N–H and O–H groups in total. The van der Waals surface area contributed by atoms with E-state index in [9.17, 15) is 37.1 Å². The number of aliphatic hydroxyl groups is 1. The van der Waals surface area contributed by atoms with Crippen LogP contribution in [0.2, 0.25) is 0 Å². The third-order valence-electron chi connectivity index (χ3n) is 9.37. The number of amides is 3. The van der Waals surface area contributed by atoms with Gasteiger partial charge < -0.3 is 20.2 Å². The van der Waals surface area contributed by atoms with Crippen molar-refractivity contribution in [3.05, 3.63) is 71.0 Å². The van der Waals surface area contributed by atoms with Crippen LogP contribution in [0, 0.1) is 17.2 Å². The van der Waals surface area contributed by atoms with E-state index < -0.39 is 58.5 Å². The average Bonchev–Trinajstić information content (AvgIpc) is 3.16. The second-order valence-electron chi connectivity index (χ2n) is 11.7. The predicted molar refractivity (Wildman–Crippen MR) is 145 cm³/mol. The Morgan fingerprint density at radius 2 is 1.67 bits per heavy atom. The van der Waals surface area contributed by atoms with Crippen LogP contribution in [0.3, 0.4) is 0 Å². The number of aliphatic hydroxyl groups excluding tert-OH is 1. The van der Waals surface area contributed by atoms with Gasteiger partial charge in [0.2, 0.25) is 11.8 Å². The quantitative estimate of drug-likeness (QED) is 0.495. The van der Waals surface area contributed by atoms with E-state index in [0.717, 1.165) is 24.8 Å². The van der Waals surface area contributed by atoms with Crippen molar-refractivity contribution in [2.75, 3.05) is 20.1 Å². The fourth-order valence-corrected chi connectivity index (χ4v) is 7.06. The lowest BCUT2D eigenvalue weighted by molar-refractivity contribution is -0.144. The van der Waals surface area contributed by atoms with Gasteiger partial charge in [0.15, 0.2) is 0 Å². The van der Waals surface area contributed by atoms with Crippen molar-refractivity contribution >= 4 is 17.7 Å². The van der Waals surface area contributed by atoms with Crippen molar-refractivity contribution in [2.45, 2.75) is 69.3 Å². The Hall–Kier alpha value is -3.47. The van der Waals surface area contributed by atoms with Crippen LogP contribution in [0.4, 0.5) is 17.6 Å². The molecule has 226 valence electrons. The number of alkyl halides is 3. The monoisotopic (exact) mass is 589 g/mol. The number of likely N-dealkylation sites (N-methyl/N-ethyl adjacent to an activating group) is 1. The zero-order chi connectivity index (χ0) is 30.2. The first kappa shape index (κ1) is 30.0. The van der Waals surface area contributed by atoms with E-state index in [1.165, 1.54) is 4.90 Å². The van der Waals surface area contributed by atoms with Crippen LogP contribution < -0.4 is 5.32 Å². The zero-order valence-electron chi connectivity index (χ0n) is 23.4. The van der Waals surface area contributed by atoms with E-state index in [0.29, 0.717) is 43.9 Å². The molecule has 5 rings (SSSR count). The molecule has 1 aliphatic carbocycles. The number of piperidine rings is 1. The molecule has 3 aliphatic rings.